The third kappa shape index (κ3) is 2.56. The summed E-state index contributed by atoms with van der Waals surface area (Å²) in [7, 11) is 0. The van der Waals surface area contributed by atoms with Crippen LogP contribution in [0.25, 0.3) is 0 Å². The Labute approximate surface area is 114 Å². The van der Waals surface area contributed by atoms with Crippen molar-refractivity contribution in [1.82, 2.24) is 15.5 Å². The molecule has 1 heterocycles. The van der Waals surface area contributed by atoms with Crippen molar-refractivity contribution >= 4 is 0 Å². The van der Waals surface area contributed by atoms with Gasteiger partial charge in [-0.15, -0.1) is 0 Å². The lowest BCUT2D eigenvalue weighted by Crippen LogP contribution is -2.25. The van der Waals surface area contributed by atoms with Crippen LogP contribution in [-0.2, 0) is 13.0 Å². The number of nitrogens with zero attached hydrogens (tertiary/aromatic N) is 1. The largest absolute Gasteiger partial charge is 0.304 e. The lowest BCUT2D eigenvalue weighted by molar-refractivity contribution is 0.455. The minimum atomic E-state index is 0.478. The van der Waals surface area contributed by atoms with Crippen molar-refractivity contribution in [2.45, 2.75) is 45.7 Å². The van der Waals surface area contributed by atoms with Crippen LogP contribution in [0.2, 0.25) is 0 Å². The molecule has 0 saturated carbocycles. The third-order valence-corrected chi connectivity index (χ3v) is 4.07. The van der Waals surface area contributed by atoms with Crippen molar-refractivity contribution in [1.29, 1.82) is 0 Å². The second-order valence-corrected chi connectivity index (χ2v) is 5.56. The summed E-state index contributed by atoms with van der Waals surface area (Å²) >= 11 is 0. The number of aromatic nitrogens is 2. The fourth-order valence-corrected chi connectivity index (χ4v) is 2.91. The molecule has 3 rings (SSSR count). The van der Waals surface area contributed by atoms with Gasteiger partial charge >= 0.3 is 0 Å². The Kier molecular flexibility index (Phi) is 3.38. The molecule has 0 spiro atoms. The van der Waals surface area contributed by atoms with E-state index >= 15 is 0 Å². The van der Waals surface area contributed by atoms with E-state index < -0.39 is 0 Å². The SMILES string of the molecule is Cc1ccc2c(c1)[C@H](NCc1[nH]ncc1C)CCC2. The Morgan fingerprint density at radius 2 is 2.26 bits per heavy atom. The van der Waals surface area contributed by atoms with Crippen molar-refractivity contribution in [2.24, 2.45) is 0 Å². The third-order valence-electron chi connectivity index (χ3n) is 4.07. The highest BCUT2D eigenvalue weighted by Gasteiger charge is 2.19. The monoisotopic (exact) mass is 255 g/mol. The molecule has 100 valence electrons. The van der Waals surface area contributed by atoms with Crippen molar-refractivity contribution < 1.29 is 0 Å². The van der Waals surface area contributed by atoms with Gasteiger partial charge in [0, 0.05) is 12.6 Å². The Bertz CT molecular complexity index is 571. The fourth-order valence-electron chi connectivity index (χ4n) is 2.91. The molecular weight excluding hydrogens is 234 g/mol. The first-order valence-corrected chi connectivity index (χ1v) is 7.05. The van der Waals surface area contributed by atoms with Crippen LogP contribution in [0.15, 0.2) is 24.4 Å². The molecule has 0 bridgehead atoms. The molecule has 3 nitrogen and oxygen atoms in total. The highest BCUT2D eigenvalue weighted by atomic mass is 15.1. The van der Waals surface area contributed by atoms with E-state index in [1.807, 2.05) is 6.20 Å². The zero-order valence-electron chi connectivity index (χ0n) is 11.7. The average molecular weight is 255 g/mol. The molecule has 0 fully saturated rings. The van der Waals surface area contributed by atoms with Crippen LogP contribution < -0.4 is 5.32 Å². The zero-order valence-corrected chi connectivity index (χ0v) is 11.7. The second-order valence-electron chi connectivity index (χ2n) is 5.56. The number of hydrogen-bond acceptors (Lipinski definition) is 2. The number of hydrogen-bond donors (Lipinski definition) is 2. The molecule has 0 saturated heterocycles. The molecule has 3 heteroatoms. The van der Waals surface area contributed by atoms with Gasteiger partial charge in [0.15, 0.2) is 0 Å². The highest BCUT2D eigenvalue weighted by Crippen LogP contribution is 2.30. The lowest BCUT2D eigenvalue weighted by atomic mass is 9.86. The predicted molar refractivity (Wildman–Crippen MR) is 77.0 cm³/mol. The van der Waals surface area contributed by atoms with E-state index in [-0.39, 0.29) is 0 Å². The first-order chi connectivity index (χ1) is 9.24. The minimum absolute atomic E-state index is 0.478. The maximum atomic E-state index is 4.08. The Morgan fingerprint density at radius 3 is 3.05 bits per heavy atom. The van der Waals surface area contributed by atoms with Crippen molar-refractivity contribution in [2.75, 3.05) is 0 Å². The lowest BCUT2D eigenvalue weighted by Gasteiger charge is -2.27. The number of H-pyrrole nitrogens is 1. The molecule has 1 aromatic heterocycles. The molecule has 1 aliphatic rings. The smallest absolute Gasteiger partial charge is 0.0519 e. The number of fused-ring (bicyclic) bond motifs is 1. The molecule has 0 unspecified atom stereocenters. The number of aromatic amines is 1. The normalized spacial score (nSPS) is 18.3. The number of aryl methyl sites for hydroxylation is 3. The van der Waals surface area contributed by atoms with Crippen molar-refractivity contribution in [3.05, 3.63) is 52.3 Å². The van der Waals surface area contributed by atoms with Gasteiger partial charge in [-0.05, 0) is 49.8 Å². The van der Waals surface area contributed by atoms with Crippen LogP contribution in [0.3, 0.4) is 0 Å². The van der Waals surface area contributed by atoms with Gasteiger partial charge in [-0.25, -0.2) is 0 Å². The van der Waals surface area contributed by atoms with Crippen LogP contribution in [0.5, 0.6) is 0 Å². The summed E-state index contributed by atoms with van der Waals surface area (Å²) in [5, 5.41) is 10.8. The summed E-state index contributed by atoms with van der Waals surface area (Å²) in [5.41, 5.74) is 6.77. The van der Waals surface area contributed by atoms with Gasteiger partial charge in [0.05, 0.1) is 11.9 Å². The molecule has 0 aliphatic heterocycles. The molecule has 19 heavy (non-hydrogen) atoms. The van der Waals surface area contributed by atoms with Gasteiger partial charge in [-0.1, -0.05) is 23.8 Å². The summed E-state index contributed by atoms with van der Waals surface area (Å²) in [4.78, 5) is 0. The second kappa shape index (κ2) is 5.17. The standard InChI is InChI=1S/C16H21N3/c1-11-6-7-13-4-3-5-15(14(13)8-11)17-10-16-12(2)9-18-19-16/h6-9,15,17H,3-5,10H2,1-2H3,(H,18,19)/t15-/m1/s1. The summed E-state index contributed by atoms with van der Waals surface area (Å²) in [6.45, 7) is 5.13. The summed E-state index contributed by atoms with van der Waals surface area (Å²) < 4.78 is 0. The molecule has 1 atom stereocenters. The van der Waals surface area contributed by atoms with Crippen LogP contribution in [0.4, 0.5) is 0 Å². The molecule has 2 N–H and O–H groups in total. The number of rotatable bonds is 3. The van der Waals surface area contributed by atoms with E-state index in [4.69, 9.17) is 0 Å². The van der Waals surface area contributed by atoms with E-state index in [2.05, 4.69) is 47.6 Å². The van der Waals surface area contributed by atoms with Crippen LogP contribution in [0, 0.1) is 13.8 Å². The van der Waals surface area contributed by atoms with E-state index in [0.29, 0.717) is 6.04 Å². The van der Waals surface area contributed by atoms with Crippen molar-refractivity contribution in [3.8, 4) is 0 Å². The Balaban J connectivity index is 1.76. The van der Waals surface area contributed by atoms with Gasteiger partial charge in [-0.2, -0.15) is 5.10 Å². The number of benzene rings is 1. The van der Waals surface area contributed by atoms with Crippen LogP contribution >= 0.6 is 0 Å². The van der Waals surface area contributed by atoms with Gasteiger partial charge in [0.1, 0.15) is 0 Å². The predicted octanol–water partition coefficient (Wildman–Crippen LogP) is 3.19. The maximum absolute atomic E-state index is 4.08. The Hall–Kier alpha value is -1.61. The molecule has 1 aromatic carbocycles. The van der Waals surface area contributed by atoms with E-state index in [9.17, 15) is 0 Å². The van der Waals surface area contributed by atoms with Gasteiger partial charge < -0.3 is 5.32 Å². The molecule has 0 amide bonds. The quantitative estimate of drug-likeness (QED) is 0.884. The first kappa shape index (κ1) is 12.4. The van der Waals surface area contributed by atoms with Crippen LogP contribution in [0.1, 0.15) is 46.8 Å². The van der Waals surface area contributed by atoms with E-state index in [1.165, 1.54) is 47.2 Å². The molecule has 0 radical (unpaired) electrons. The minimum Gasteiger partial charge on any atom is -0.304 e. The molecule has 2 aromatic rings. The summed E-state index contributed by atoms with van der Waals surface area (Å²) in [5.74, 6) is 0. The maximum Gasteiger partial charge on any atom is 0.0519 e. The van der Waals surface area contributed by atoms with E-state index in [0.717, 1.165) is 6.54 Å². The van der Waals surface area contributed by atoms with Gasteiger partial charge in [0.2, 0.25) is 0 Å². The number of nitrogens with one attached hydrogen (secondary N) is 2. The molecular formula is C16H21N3. The van der Waals surface area contributed by atoms with Crippen molar-refractivity contribution in [3.63, 3.8) is 0 Å². The van der Waals surface area contributed by atoms with Gasteiger partial charge in [-0.3, -0.25) is 5.10 Å². The fraction of sp³-hybridized carbons (Fsp3) is 0.438. The van der Waals surface area contributed by atoms with E-state index in [1.54, 1.807) is 0 Å². The summed E-state index contributed by atoms with van der Waals surface area (Å²) in [6, 6.07) is 7.33. The molecule has 1 aliphatic carbocycles. The van der Waals surface area contributed by atoms with Crippen LogP contribution in [-0.4, -0.2) is 10.2 Å². The first-order valence-electron chi connectivity index (χ1n) is 7.05. The summed E-state index contributed by atoms with van der Waals surface area (Å²) in [6.07, 6.45) is 5.60. The zero-order chi connectivity index (χ0) is 13.2. The topological polar surface area (TPSA) is 40.7 Å². The van der Waals surface area contributed by atoms with Gasteiger partial charge in [0.25, 0.3) is 0 Å². The highest BCUT2D eigenvalue weighted by molar-refractivity contribution is 5.35. The average Bonchev–Trinajstić information content (AvgIpc) is 2.82. The Morgan fingerprint density at radius 1 is 1.37 bits per heavy atom.